The molecular formula is C25H19ClFN5O2. The highest BCUT2D eigenvalue weighted by atomic mass is 35.5. The Balaban J connectivity index is 1.40. The van der Waals surface area contributed by atoms with E-state index >= 15 is 0 Å². The zero-order chi connectivity index (χ0) is 23.5. The number of carbonyl (C=O) groups is 1. The molecule has 0 radical (unpaired) electrons. The molecule has 1 aromatic heterocycles. The van der Waals surface area contributed by atoms with Crippen molar-refractivity contribution in [2.24, 2.45) is 0 Å². The van der Waals surface area contributed by atoms with E-state index in [0.29, 0.717) is 16.7 Å². The number of hydrogen-bond donors (Lipinski definition) is 2. The Hall–Kier alpha value is -4.17. The van der Waals surface area contributed by atoms with Gasteiger partial charge in [-0.2, -0.15) is 4.98 Å². The SMILES string of the molecule is O=C(COc1ccccc1)Nc1nc2n(n1)[C@H](c1ccc(F)cc1)C=C(c1ccc(Cl)cc1)N2. The molecule has 0 saturated carbocycles. The Morgan fingerprint density at radius 2 is 1.79 bits per heavy atom. The molecule has 1 amide bonds. The summed E-state index contributed by atoms with van der Waals surface area (Å²) in [5.41, 5.74) is 2.49. The number of aromatic nitrogens is 3. The minimum absolute atomic E-state index is 0.127. The number of nitrogens with one attached hydrogen (secondary N) is 2. The Bertz CT molecular complexity index is 1340. The molecule has 1 aliphatic rings. The average Bonchev–Trinajstić information content (AvgIpc) is 3.26. The van der Waals surface area contributed by atoms with Crippen molar-refractivity contribution in [3.63, 3.8) is 0 Å². The summed E-state index contributed by atoms with van der Waals surface area (Å²) in [7, 11) is 0. The van der Waals surface area contributed by atoms with Crippen molar-refractivity contribution in [2.45, 2.75) is 6.04 Å². The van der Waals surface area contributed by atoms with Crippen molar-refractivity contribution >= 4 is 35.1 Å². The van der Waals surface area contributed by atoms with Crippen LogP contribution in [0.2, 0.25) is 5.02 Å². The van der Waals surface area contributed by atoms with Crippen LogP contribution >= 0.6 is 11.6 Å². The summed E-state index contributed by atoms with van der Waals surface area (Å²) >= 11 is 6.04. The predicted octanol–water partition coefficient (Wildman–Crippen LogP) is 5.14. The molecule has 4 aromatic rings. The average molecular weight is 476 g/mol. The standard InChI is InChI=1S/C25H19ClFN5O2/c26-18-10-6-16(7-11-18)21-14-22(17-8-12-19(27)13-9-17)32-25(28-21)30-24(31-32)29-23(33)15-34-20-4-2-1-3-5-20/h1-14,22H,15H2,(H2,28,29,30,31,33)/t22-/m0/s1. The minimum Gasteiger partial charge on any atom is -0.484 e. The first-order valence-electron chi connectivity index (χ1n) is 10.5. The summed E-state index contributed by atoms with van der Waals surface area (Å²) in [4.78, 5) is 16.8. The molecule has 7 nitrogen and oxygen atoms in total. The highest BCUT2D eigenvalue weighted by molar-refractivity contribution is 6.30. The van der Waals surface area contributed by atoms with E-state index in [4.69, 9.17) is 16.3 Å². The van der Waals surface area contributed by atoms with Crippen LogP contribution in [-0.4, -0.2) is 27.3 Å². The molecule has 34 heavy (non-hydrogen) atoms. The molecule has 170 valence electrons. The number of rotatable bonds is 6. The van der Waals surface area contributed by atoms with Crippen LogP contribution in [0.25, 0.3) is 5.70 Å². The number of nitrogens with zero attached hydrogens (tertiary/aromatic N) is 3. The molecule has 0 bridgehead atoms. The highest BCUT2D eigenvalue weighted by Crippen LogP contribution is 2.33. The number of hydrogen-bond acceptors (Lipinski definition) is 5. The van der Waals surface area contributed by atoms with E-state index in [1.807, 2.05) is 36.4 Å². The van der Waals surface area contributed by atoms with Crippen LogP contribution in [0.15, 0.2) is 84.9 Å². The molecule has 5 rings (SSSR count). The Kier molecular flexibility index (Phi) is 5.97. The lowest BCUT2D eigenvalue weighted by molar-refractivity contribution is -0.118. The maximum atomic E-state index is 13.5. The monoisotopic (exact) mass is 475 g/mol. The lowest BCUT2D eigenvalue weighted by Crippen LogP contribution is -2.21. The highest BCUT2D eigenvalue weighted by Gasteiger charge is 2.26. The summed E-state index contributed by atoms with van der Waals surface area (Å²) in [5.74, 6) is 0.425. The first kappa shape index (κ1) is 21.7. The van der Waals surface area contributed by atoms with Gasteiger partial charge in [-0.05, 0) is 53.6 Å². The number of benzene rings is 3. The molecule has 0 aliphatic carbocycles. The zero-order valence-electron chi connectivity index (χ0n) is 17.8. The predicted molar refractivity (Wildman–Crippen MR) is 128 cm³/mol. The number of halogens is 2. The van der Waals surface area contributed by atoms with Crippen molar-refractivity contribution in [3.05, 3.63) is 107 Å². The molecule has 1 aliphatic heterocycles. The van der Waals surface area contributed by atoms with E-state index < -0.39 is 5.91 Å². The van der Waals surface area contributed by atoms with Gasteiger partial charge in [0.15, 0.2) is 6.61 Å². The van der Waals surface area contributed by atoms with Gasteiger partial charge in [0.25, 0.3) is 11.9 Å². The van der Waals surface area contributed by atoms with Crippen molar-refractivity contribution in [3.8, 4) is 5.75 Å². The third-order valence-electron chi connectivity index (χ3n) is 5.20. The van der Waals surface area contributed by atoms with E-state index in [9.17, 15) is 9.18 Å². The van der Waals surface area contributed by atoms with Crippen LogP contribution in [0, 0.1) is 5.82 Å². The molecule has 3 aromatic carbocycles. The lowest BCUT2D eigenvalue weighted by atomic mass is 10.0. The molecule has 0 unspecified atom stereocenters. The van der Waals surface area contributed by atoms with Crippen molar-refractivity contribution in [1.82, 2.24) is 14.8 Å². The number of allylic oxidation sites excluding steroid dienone is 1. The van der Waals surface area contributed by atoms with Gasteiger partial charge < -0.3 is 10.1 Å². The van der Waals surface area contributed by atoms with Crippen molar-refractivity contribution in [2.75, 3.05) is 17.2 Å². The Morgan fingerprint density at radius 3 is 2.53 bits per heavy atom. The van der Waals surface area contributed by atoms with Gasteiger partial charge in [-0.3, -0.25) is 10.1 Å². The molecule has 0 spiro atoms. The van der Waals surface area contributed by atoms with Crippen molar-refractivity contribution < 1.29 is 13.9 Å². The van der Waals surface area contributed by atoms with Crippen LogP contribution in [0.4, 0.5) is 16.3 Å². The van der Waals surface area contributed by atoms with Crippen LogP contribution in [0.1, 0.15) is 17.2 Å². The maximum absolute atomic E-state index is 13.5. The second kappa shape index (κ2) is 9.36. The maximum Gasteiger partial charge on any atom is 0.264 e. The Labute approximate surface area is 199 Å². The van der Waals surface area contributed by atoms with Crippen LogP contribution in [0.3, 0.4) is 0 Å². The number of fused-ring (bicyclic) bond motifs is 1. The molecule has 2 N–H and O–H groups in total. The van der Waals surface area contributed by atoms with E-state index in [1.54, 1.807) is 41.1 Å². The van der Waals surface area contributed by atoms with Gasteiger partial charge in [0.1, 0.15) is 17.6 Å². The quantitative estimate of drug-likeness (QED) is 0.403. The fourth-order valence-corrected chi connectivity index (χ4v) is 3.69. The smallest absolute Gasteiger partial charge is 0.264 e. The van der Waals surface area contributed by atoms with E-state index in [2.05, 4.69) is 20.7 Å². The third-order valence-corrected chi connectivity index (χ3v) is 5.45. The first-order valence-corrected chi connectivity index (χ1v) is 10.9. The van der Waals surface area contributed by atoms with Gasteiger partial charge in [0, 0.05) is 10.7 Å². The first-order chi connectivity index (χ1) is 16.5. The molecule has 0 fully saturated rings. The fourth-order valence-electron chi connectivity index (χ4n) is 3.57. The van der Waals surface area contributed by atoms with E-state index in [-0.39, 0.29) is 24.4 Å². The van der Waals surface area contributed by atoms with Gasteiger partial charge in [-0.15, -0.1) is 5.10 Å². The zero-order valence-corrected chi connectivity index (χ0v) is 18.5. The van der Waals surface area contributed by atoms with Crippen LogP contribution in [-0.2, 0) is 4.79 Å². The van der Waals surface area contributed by atoms with E-state index in [1.165, 1.54) is 12.1 Å². The summed E-state index contributed by atoms with van der Waals surface area (Å²) in [5, 5.41) is 11.0. The van der Waals surface area contributed by atoms with Crippen LogP contribution in [0.5, 0.6) is 5.75 Å². The Morgan fingerprint density at radius 1 is 1.06 bits per heavy atom. The lowest BCUT2D eigenvalue weighted by Gasteiger charge is -2.24. The normalized spacial score (nSPS) is 14.5. The number of ether oxygens (including phenoxy) is 1. The topological polar surface area (TPSA) is 81.1 Å². The molecular weight excluding hydrogens is 457 g/mol. The van der Waals surface area contributed by atoms with Crippen molar-refractivity contribution in [1.29, 1.82) is 0 Å². The van der Waals surface area contributed by atoms with Crippen LogP contribution < -0.4 is 15.4 Å². The summed E-state index contributed by atoms with van der Waals surface area (Å²) in [6.07, 6.45) is 1.96. The number of anilines is 2. The summed E-state index contributed by atoms with van der Waals surface area (Å²) in [6, 6.07) is 22.2. The van der Waals surface area contributed by atoms with Gasteiger partial charge >= 0.3 is 0 Å². The van der Waals surface area contributed by atoms with Gasteiger partial charge in [0.2, 0.25) is 5.95 Å². The number of amides is 1. The van der Waals surface area contributed by atoms with Gasteiger partial charge in [-0.1, -0.05) is 54.1 Å². The molecule has 1 atom stereocenters. The molecule has 0 saturated heterocycles. The number of para-hydroxylation sites is 1. The third kappa shape index (κ3) is 4.77. The fraction of sp³-hybridized carbons (Fsp3) is 0.0800. The second-order valence-corrected chi connectivity index (χ2v) is 8.00. The van der Waals surface area contributed by atoms with Gasteiger partial charge in [-0.25, -0.2) is 9.07 Å². The largest absolute Gasteiger partial charge is 0.484 e. The second-order valence-electron chi connectivity index (χ2n) is 7.56. The van der Waals surface area contributed by atoms with Gasteiger partial charge in [0.05, 0.1) is 0 Å². The number of carbonyl (C=O) groups excluding carboxylic acids is 1. The molecule has 2 heterocycles. The van der Waals surface area contributed by atoms with E-state index in [0.717, 1.165) is 16.8 Å². The minimum atomic E-state index is -0.393. The summed E-state index contributed by atoms with van der Waals surface area (Å²) < 4.78 is 20.7. The molecule has 9 heteroatoms. The summed E-state index contributed by atoms with van der Waals surface area (Å²) in [6.45, 7) is -0.184.